The van der Waals surface area contributed by atoms with E-state index in [1.54, 1.807) is 0 Å². The van der Waals surface area contributed by atoms with Crippen molar-refractivity contribution in [3.8, 4) is 35.4 Å². The fourth-order valence-electron chi connectivity index (χ4n) is 9.41. The number of halogens is 2. The molecule has 5 heterocycles. The fourth-order valence-corrected chi connectivity index (χ4v) is 11.1. The van der Waals surface area contributed by atoms with Crippen LogP contribution in [0.15, 0.2) is 30.5 Å². The smallest absolute Gasteiger partial charge is 0.319 e. The molecule has 2 aromatic heterocycles. The third kappa shape index (κ3) is 6.90. The Balaban J connectivity index is 1.21. The molecule has 1 unspecified atom stereocenters. The number of phenols is 1. The van der Waals surface area contributed by atoms with Gasteiger partial charge in [-0.25, -0.2) is 17.2 Å². The maximum atomic E-state index is 17.1. The van der Waals surface area contributed by atoms with Crippen molar-refractivity contribution in [2.24, 2.45) is 5.41 Å². The van der Waals surface area contributed by atoms with Crippen LogP contribution in [-0.4, -0.2) is 96.4 Å². The number of aromatic hydroxyl groups is 1. The largest absolute Gasteiger partial charge is 0.508 e. The summed E-state index contributed by atoms with van der Waals surface area (Å²) in [5.74, 6) is 1.78. The lowest BCUT2D eigenvalue weighted by atomic mass is 9.70. The molecule has 0 amide bonds. The second kappa shape index (κ2) is 14.6. The number of pyridine rings is 1. The number of ether oxygens (including phenoxy) is 2. The first-order valence-electron chi connectivity index (χ1n) is 18.9. The first kappa shape index (κ1) is 35.9. The number of hydrogen-bond donors (Lipinski definition) is 1. The molecule has 0 radical (unpaired) electrons. The van der Waals surface area contributed by atoms with Gasteiger partial charge in [0.1, 0.15) is 28.6 Å². The lowest BCUT2D eigenvalue weighted by molar-refractivity contribution is -0.0445. The average molecular weight is 746 g/mol. The number of terminal acetylenes is 1. The van der Waals surface area contributed by atoms with Gasteiger partial charge in [0.15, 0.2) is 15.7 Å². The van der Waals surface area contributed by atoms with E-state index < -0.39 is 21.5 Å². The molecule has 280 valence electrons. The summed E-state index contributed by atoms with van der Waals surface area (Å²) in [7, 11) is -3.08. The highest BCUT2D eigenvalue weighted by molar-refractivity contribution is 7.91. The summed E-state index contributed by atoms with van der Waals surface area (Å²) in [4.78, 5) is 18.6. The van der Waals surface area contributed by atoms with E-state index in [1.807, 2.05) is 4.90 Å². The number of rotatable bonds is 6. The molecule has 8 rings (SSSR count). The van der Waals surface area contributed by atoms with E-state index >= 15 is 4.39 Å². The standard InChI is InChI=1S/C40H45F2N5O5S/c1-2-29-32(41)12-11-26-21-28(48)22-30(34(26)29)36-35(42)37-31(23-43-36)38(46-15-8-18-51-19-17-46)45-39(44-37)52-25-40-13-5-3-4-10-33(40)47(16-7-14-40)27-9-6-20-53(49,50)24-27/h1,11-12,21-23,27,33,48H,3-10,13-20,24-25H2/t27?,33-,40+/m0/s1. The third-order valence-corrected chi connectivity index (χ3v) is 13.7. The van der Waals surface area contributed by atoms with Crippen molar-refractivity contribution in [3.63, 3.8) is 0 Å². The van der Waals surface area contributed by atoms with Gasteiger partial charge in [0.2, 0.25) is 0 Å². The summed E-state index contributed by atoms with van der Waals surface area (Å²) in [6.45, 7) is 3.42. The van der Waals surface area contributed by atoms with Crippen molar-refractivity contribution in [3.05, 3.63) is 47.7 Å². The Morgan fingerprint density at radius 3 is 2.74 bits per heavy atom. The number of sulfone groups is 1. The van der Waals surface area contributed by atoms with Crippen molar-refractivity contribution in [2.45, 2.75) is 76.3 Å². The van der Waals surface area contributed by atoms with E-state index in [2.05, 4.69) is 15.8 Å². The van der Waals surface area contributed by atoms with Crippen LogP contribution < -0.4 is 9.64 Å². The Bertz CT molecular complexity index is 2190. The molecule has 4 fully saturated rings. The second-order valence-corrected chi connectivity index (χ2v) is 17.4. The summed E-state index contributed by atoms with van der Waals surface area (Å²) in [6, 6.07) is 5.70. The number of nitrogens with zero attached hydrogens (tertiary/aromatic N) is 5. The van der Waals surface area contributed by atoms with E-state index in [1.165, 1.54) is 30.5 Å². The van der Waals surface area contributed by atoms with Gasteiger partial charge in [-0.3, -0.25) is 9.88 Å². The van der Waals surface area contributed by atoms with Crippen molar-refractivity contribution < 1.29 is 31.8 Å². The predicted molar refractivity (Wildman–Crippen MR) is 200 cm³/mol. The highest BCUT2D eigenvalue weighted by Gasteiger charge is 2.48. The number of likely N-dealkylation sites (tertiary alicyclic amines) is 1. The van der Waals surface area contributed by atoms with Crippen LogP contribution in [0.4, 0.5) is 14.6 Å². The van der Waals surface area contributed by atoms with Gasteiger partial charge in [0.05, 0.1) is 35.7 Å². The van der Waals surface area contributed by atoms with E-state index in [9.17, 15) is 17.9 Å². The molecule has 1 N–H and O–H groups in total. The maximum absolute atomic E-state index is 17.1. The van der Waals surface area contributed by atoms with Crippen LogP contribution in [0, 0.1) is 29.4 Å². The highest BCUT2D eigenvalue weighted by Crippen LogP contribution is 2.47. The minimum Gasteiger partial charge on any atom is -0.508 e. The lowest BCUT2D eigenvalue weighted by Crippen LogP contribution is -2.59. The van der Waals surface area contributed by atoms with Crippen LogP contribution in [0.5, 0.6) is 11.8 Å². The van der Waals surface area contributed by atoms with Gasteiger partial charge in [-0.15, -0.1) is 6.42 Å². The Labute approximate surface area is 308 Å². The lowest BCUT2D eigenvalue weighted by Gasteiger charge is -2.52. The molecule has 4 aromatic rings. The zero-order chi connectivity index (χ0) is 36.7. The Hall–Kier alpha value is -4.12. The molecule has 0 spiro atoms. The van der Waals surface area contributed by atoms with Gasteiger partial charge in [-0.05, 0) is 75.1 Å². The molecular weight excluding hydrogens is 701 g/mol. The van der Waals surface area contributed by atoms with E-state index in [0.717, 1.165) is 64.3 Å². The summed E-state index contributed by atoms with van der Waals surface area (Å²) in [5, 5.41) is 11.7. The van der Waals surface area contributed by atoms with Crippen LogP contribution in [0.1, 0.15) is 69.8 Å². The highest BCUT2D eigenvalue weighted by atomic mass is 32.2. The van der Waals surface area contributed by atoms with Crippen molar-refractivity contribution in [2.75, 3.05) is 55.9 Å². The average Bonchev–Trinajstić information content (AvgIpc) is 3.55. The van der Waals surface area contributed by atoms with E-state index in [4.69, 9.17) is 25.9 Å². The van der Waals surface area contributed by atoms with Gasteiger partial charge in [0.25, 0.3) is 0 Å². The quantitative estimate of drug-likeness (QED) is 0.222. The topological polar surface area (TPSA) is 118 Å². The molecule has 3 saturated heterocycles. The van der Waals surface area contributed by atoms with Crippen LogP contribution in [0.3, 0.4) is 0 Å². The normalized spacial score (nSPS) is 25.3. The van der Waals surface area contributed by atoms with Gasteiger partial charge in [-0.2, -0.15) is 9.97 Å². The van der Waals surface area contributed by atoms with E-state index in [-0.39, 0.29) is 68.5 Å². The van der Waals surface area contributed by atoms with Crippen molar-refractivity contribution >= 4 is 37.3 Å². The van der Waals surface area contributed by atoms with Crippen molar-refractivity contribution in [1.29, 1.82) is 0 Å². The van der Waals surface area contributed by atoms with Crippen LogP contribution in [0.2, 0.25) is 0 Å². The Morgan fingerprint density at radius 1 is 1.02 bits per heavy atom. The predicted octanol–water partition coefficient (Wildman–Crippen LogP) is 6.41. The molecule has 13 heteroatoms. The van der Waals surface area contributed by atoms with Crippen molar-refractivity contribution in [1.82, 2.24) is 19.9 Å². The first-order valence-corrected chi connectivity index (χ1v) is 20.7. The Kier molecular flexibility index (Phi) is 9.89. The van der Waals surface area contributed by atoms with E-state index in [0.29, 0.717) is 55.9 Å². The van der Waals surface area contributed by atoms with Gasteiger partial charge in [-0.1, -0.05) is 31.2 Å². The third-order valence-electron chi connectivity index (χ3n) is 11.9. The van der Waals surface area contributed by atoms with Gasteiger partial charge in [0, 0.05) is 54.3 Å². The van der Waals surface area contributed by atoms with Gasteiger partial charge < -0.3 is 19.5 Å². The van der Waals surface area contributed by atoms with Crippen LogP contribution in [-0.2, 0) is 14.6 Å². The fraction of sp³-hybridized carbons (Fsp3) is 0.525. The molecule has 4 aliphatic rings. The number of hydrogen-bond acceptors (Lipinski definition) is 10. The summed E-state index contributed by atoms with van der Waals surface area (Å²) in [5.41, 5.74) is -0.292. The number of benzene rings is 2. The number of aromatic nitrogens is 3. The monoisotopic (exact) mass is 745 g/mol. The number of fused-ring (bicyclic) bond motifs is 3. The van der Waals surface area contributed by atoms with Crippen LogP contribution in [0.25, 0.3) is 32.9 Å². The molecular formula is C40H45F2N5O5S. The zero-order valence-corrected chi connectivity index (χ0v) is 30.6. The number of anilines is 1. The molecule has 3 atom stereocenters. The van der Waals surface area contributed by atoms with Crippen LogP contribution >= 0.6 is 0 Å². The molecule has 3 aliphatic heterocycles. The minimum atomic E-state index is -3.08. The number of piperidine rings is 1. The minimum absolute atomic E-state index is 0.00212. The Morgan fingerprint density at radius 2 is 1.89 bits per heavy atom. The molecule has 2 aromatic carbocycles. The SMILES string of the molecule is C#Cc1c(F)ccc2cc(O)cc(-c3ncc4c(N5CCCOCC5)nc(OC[C@]56CCCCC[C@@H]5N(C5CCCS(=O)(=O)C5)CCC6)nc4c3F)c12. The summed E-state index contributed by atoms with van der Waals surface area (Å²) >= 11 is 0. The zero-order valence-electron chi connectivity index (χ0n) is 29.8. The molecule has 0 bridgehead atoms. The van der Waals surface area contributed by atoms with Gasteiger partial charge >= 0.3 is 6.01 Å². The molecule has 1 saturated carbocycles. The molecule has 53 heavy (non-hydrogen) atoms. The molecule has 10 nitrogen and oxygen atoms in total. The molecule has 1 aliphatic carbocycles. The second-order valence-electron chi connectivity index (χ2n) is 15.1. The number of phenolic OH excluding ortho intramolecular Hbond substituents is 1. The summed E-state index contributed by atoms with van der Waals surface area (Å²) < 4.78 is 69.8. The first-order chi connectivity index (χ1) is 25.7. The maximum Gasteiger partial charge on any atom is 0.319 e. The summed E-state index contributed by atoms with van der Waals surface area (Å²) in [6.07, 6.45) is 16.6.